The number of aromatic hydroxyl groups is 2. The molecular weight excluding hydrogens is 252 g/mol. The van der Waals surface area contributed by atoms with Crippen LogP contribution in [0.1, 0.15) is 67.8 Å². The minimum absolute atomic E-state index is 0.00713. The summed E-state index contributed by atoms with van der Waals surface area (Å²) < 4.78 is 0. The first kappa shape index (κ1) is 16.3. The number of hydrogen-bond donors (Lipinski definition) is 2. The lowest BCUT2D eigenvalue weighted by molar-refractivity contribution is 0.112. The maximum Gasteiger partial charge on any atom is 0.153 e. The van der Waals surface area contributed by atoms with Crippen molar-refractivity contribution in [2.45, 2.75) is 51.9 Å². The molecule has 0 aromatic heterocycles. The van der Waals surface area contributed by atoms with Crippen LogP contribution >= 0.6 is 0 Å². The minimum atomic E-state index is -0.154. The second-order valence-electron chi connectivity index (χ2n) is 5.01. The van der Waals surface area contributed by atoms with Gasteiger partial charge in [-0.3, -0.25) is 4.79 Å². The number of hydrogen-bond acceptors (Lipinski definition) is 3. The summed E-state index contributed by atoms with van der Waals surface area (Å²) in [5.41, 5.74) is 0.516. The van der Waals surface area contributed by atoms with E-state index >= 15 is 0 Å². The number of allylic oxidation sites excluding steroid dienone is 1. The molecule has 0 amide bonds. The molecule has 110 valence electrons. The highest BCUT2D eigenvalue weighted by Gasteiger charge is 2.08. The summed E-state index contributed by atoms with van der Waals surface area (Å²) >= 11 is 0. The lowest BCUT2D eigenvalue weighted by Gasteiger charge is -2.04. The molecule has 0 saturated heterocycles. The lowest BCUT2D eigenvalue weighted by atomic mass is 10.1. The summed E-state index contributed by atoms with van der Waals surface area (Å²) in [6.07, 6.45) is 12.5. The zero-order valence-corrected chi connectivity index (χ0v) is 12.1. The van der Waals surface area contributed by atoms with Gasteiger partial charge < -0.3 is 10.2 Å². The molecule has 1 aromatic rings. The summed E-state index contributed by atoms with van der Waals surface area (Å²) in [4.78, 5) is 10.7. The Morgan fingerprint density at radius 3 is 2.45 bits per heavy atom. The molecule has 0 heterocycles. The van der Waals surface area contributed by atoms with Gasteiger partial charge in [0.15, 0.2) is 6.29 Å². The van der Waals surface area contributed by atoms with Gasteiger partial charge >= 0.3 is 0 Å². The largest absolute Gasteiger partial charge is 0.507 e. The van der Waals surface area contributed by atoms with Crippen LogP contribution in [0.3, 0.4) is 0 Å². The Kier molecular flexibility index (Phi) is 7.48. The van der Waals surface area contributed by atoms with E-state index in [4.69, 9.17) is 0 Å². The van der Waals surface area contributed by atoms with Crippen LogP contribution in [-0.4, -0.2) is 16.5 Å². The fourth-order valence-corrected chi connectivity index (χ4v) is 2.12. The van der Waals surface area contributed by atoms with Gasteiger partial charge in [-0.15, -0.1) is 0 Å². The van der Waals surface area contributed by atoms with Crippen molar-refractivity contribution in [3.05, 3.63) is 29.3 Å². The van der Waals surface area contributed by atoms with Gasteiger partial charge in [0, 0.05) is 0 Å². The quantitative estimate of drug-likeness (QED) is 0.509. The van der Waals surface area contributed by atoms with Crippen LogP contribution < -0.4 is 0 Å². The fraction of sp³-hybridized carbons (Fsp3) is 0.471. The first-order chi connectivity index (χ1) is 9.70. The molecular formula is C17H24O3. The summed E-state index contributed by atoms with van der Waals surface area (Å²) in [5, 5.41) is 19.5. The van der Waals surface area contributed by atoms with Crippen LogP contribution in [0.2, 0.25) is 0 Å². The first-order valence-corrected chi connectivity index (χ1v) is 7.37. The third-order valence-corrected chi connectivity index (χ3v) is 3.36. The zero-order chi connectivity index (χ0) is 14.8. The van der Waals surface area contributed by atoms with Gasteiger partial charge in [-0.05, 0) is 25.0 Å². The van der Waals surface area contributed by atoms with E-state index < -0.39 is 0 Å². The number of rotatable bonds is 9. The standard InChI is InChI=1S/C17H24O3/c1-2-3-4-5-6-7-8-9-10-15-16(19)12-11-14(13-18)17(15)20/h9-13,19-20H,2-8H2,1H3/b10-9+. The molecule has 20 heavy (non-hydrogen) atoms. The van der Waals surface area contributed by atoms with Gasteiger partial charge in [0.2, 0.25) is 0 Å². The Hall–Kier alpha value is -1.77. The van der Waals surface area contributed by atoms with Crippen molar-refractivity contribution in [2.24, 2.45) is 0 Å². The smallest absolute Gasteiger partial charge is 0.153 e. The van der Waals surface area contributed by atoms with Crippen LogP contribution in [0, 0.1) is 0 Å². The molecule has 3 heteroatoms. The second-order valence-corrected chi connectivity index (χ2v) is 5.01. The number of phenolic OH excluding ortho intramolecular Hbond substituents is 2. The van der Waals surface area contributed by atoms with E-state index in [0.717, 1.165) is 12.8 Å². The summed E-state index contributed by atoms with van der Waals surface area (Å²) in [5.74, 6) is -0.161. The molecule has 0 fully saturated rings. The van der Waals surface area contributed by atoms with Gasteiger partial charge in [0.05, 0.1) is 11.1 Å². The monoisotopic (exact) mass is 276 g/mol. The maximum atomic E-state index is 10.7. The van der Waals surface area contributed by atoms with Crippen molar-refractivity contribution in [2.75, 3.05) is 0 Å². The highest BCUT2D eigenvalue weighted by Crippen LogP contribution is 2.31. The Balaban J connectivity index is 2.44. The van der Waals surface area contributed by atoms with E-state index in [9.17, 15) is 15.0 Å². The third kappa shape index (κ3) is 5.08. The molecule has 0 bridgehead atoms. The highest BCUT2D eigenvalue weighted by molar-refractivity contribution is 5.83. The summed E-state index contributed by atoms with van der Waals surface area (Å²) in [6, 6.07) is 2.83. The highest BCUT2D eigenvalue weighted by atomic mass is 16.3. The Morgan fingerprint density at radius 1 is 1.05 bits per heavy atom. The molecule has 2 N–H and O–H groups in total. The van der Waals surface area contributed by atoms with Gasteiger partial charge in [0.25, 0.3) is 0 Å². The average molecular weight is 276 g/mol. The average Bonchev–Trinajstić information content (AvgIpc) is 2.45. The van der Waals surface area contributed by atoms with E-state index in [1.807, 2.05) is 6.08 Å². The summed E-state index contributed by atoms with van der Waals surface area (Å²) in [6.45, 7) is 2.20. The fourth-order valence-electron chi connectivity index (χ4n) is 2.12. The SMILES string of the molecule is CCCCCCCC/C=C/c1c(O)ccc(C=O)c1O. The number of unbranched alkanes of at least 4 members (excludes halogenated alkanes) is 6. The predicted octanol–water partition coefficient (Wildman–Crippen LogP) is 4.67. The van der Waals surface area contributed by atoms with E-state index in [-0.39, 0.29) is 17.1 Å². The van der Waals surface area contributed by atoms with Gasteiger partial charge in [-0.1, -0.05) is 51.2 Å². The van der Waals surface area contributed by atoms with E-state index in [1.54, 1.807) is 6.08 Å². The molecule has 0 aliphatic rings. The molecule has 0 spiro atoms. The molecule has 0 aliphatic heterocycles. The lowest BCUT2D eigenvalue weighted by Crippen LogP contribution is -1.85. The van der Waals surface area contributed by atoms with Crippen molar-refractivity contribution >= 4 is 12.4 Å². The van der Waals surface area contributed by atoms with Crippen molar-refractivity contribution in [3.63, 3.8) is 0 Å². The molecule has 0 atom stereocenters. The molecule has 0 aliphatic carbocycles. The molecule has 1 rings (SSSR count). The zero-order valence-electron chi connectivity index (χ0n) is 12.1. The number of benzene rings is 1. The number of carbonyl (C=O) groups excluding carboxylic acids is 1. The molecule has 1 aromatic carbocycles. The van der Waals surface area contributed by atoms with Crippen LogP contribution in [0.5, 0.6) is 11.5 Å². The molecule has 3 nitrogen and oxygen atoms in total. The van der Waals surface area contributed by atoms with E-state index in [1.165, 1.54) is 44.2 Å². The molecule has 0 saturated carbocycles. The van der Waals surface area contributed by atoms with Crippen molar-refractivity contribution in [1.29, 1.82) is 0 Å². The van der Waals surface area contributed by atoms with Gasteiger partial charge in [0.1, 0.15) is 11.5 Å². The normalized spacial score (nSPS) is 11.1. The first-order valence-electron chi connectivity index (χ1n) is 7.37. The minimum Gasteiger partial charge on any atom is -0.507 e. The Morgan fingerprint density at radius 2 is 1.75 bits per heavy atom. The van der Waals surface area contributed by atoms with Crippen LogP contribution in [0.15, 0.2) is 18.2 Å². The van der Waals surface area contributed by atoms with Crippen molar-refractivity contribution in [3.8, 4) is 11.5 Å². The number of phenols is 2. The van der Waals surface area contributed by atoms with Gasteiger partial charge in [-0.25, -0.2) is 0 Å². The Bertz CT molecular complexity index is 450. The van der Waals surface area contributed by atoms with Crippen molar-refractivity contribution in [1.82, 2.24) is 0 Å². The van der Waals surface area contributed by atoms with Crippen LogP contribution in [0.25, 0.3) is 6.08 Å². The maximum absolute atomic E-state index is 10.7. The van der Waals surface area contributed by atoms with Crippen LogP contribution in [-0.2, 0) is 0 Å². The third-order valence-electron chi connectivity index (χ3n) is 3.36. The number of aldehydes is 1. The Labute approximate surface area is 121 Å². The van der Waals surface area contributed by atoms with E-state index in [0.29, 0.717) is 11.8 Å². The molecule has 0 radical (unpaired) electrons. The summed E-state index contributed by atoms with van der Waals surface area (Å²) in [7, 11) is 0. The predicted molar refractivity (Wildman–Crippen MR) is 82.2 cm³/mol. The molecule has 0 unspecified atom stereocenters. The van der Waals surface area contributed by atoms with Gasteiger partial charge in [-0.2, -0.15) is 0 Å². The number of carbonyl (C=O) groups is 1. The topological polar surface area (TPSA) is 57.5 Å². The second kappa shape index (κ2) is 9.18. The van der Waals surface area contributed by atoms with Crippen LogP contribution in [0.4, 0.5) is 0 Å². The van der Waals surface area contributed by atoms with E-state index in [2.05, 4.69) is 6.92 Å². The van der Waals surface area contributed by atoms with Crippen molar-refractivity contribution < 1.29 is 15.0 Å².